The first-order chi connectivity index (χ1) is 8.78. The Morgan fingerprint density at radius 1 is 1.33 bits per heavy atom. The van der Waals surface area contributed by atoms with Crippen LogP contribution in [0.2, 0.25) is 0 Å². The maximum Gasteiger partial charge on any atom is 0.223 e. The van der Waals surface area contributed by atoms with Crippen LogP contribution in [0, 0.1) is 0 Å². The largest absolute Gasteiger partial charge is 0.493 e. The molecule has 1 aliphatic carbocycles. The summed E-state index contributed by atoms with van der Waals surface area (Å²) in [5, 5.41) is 2.93. The number of ether oxygens (including phenoxy) is 1. The van der Waals surface area contributed by atoms with Gasteiger partial charge < -0.3 is 15.8 Å². The highest BCUT2D eigenvalue weighted by molar-refractivity contribution is 5.76. The van der Waals surface area contributed by atoms with Gasteiger partial charge in [0.1, 0.15) is 5.75 Å². The zero-order chi connectivity index (χ0) is 12.8. The molecule has 3 N–H and O–H groups in total. The highest BCUT2D eigenvalue weighted by Crippen LogP contribution is 2.18. The predicted molar refractivity (Wildman–Crippen MR) is 70.5 cm³/mol. The molecule has 18 heavy (non-hydrogen) atoms. The molecular weight excluding hydrogens is 228 g/mol. The molecule has 4 heteroatoms. The third kappa shape index (κ3) is 4.37. The van der Waals surface area contributed by atoms with Crippen molar-refractivity contribution in [1.29, 1.82) is 0 Å². The van der Waals surface area contributed by atoms with Crippen molar-refractivity contribution in [3.05, 3.63) is 29.8 Å². The zero-order valence-corrected chi connectivity index (χ0v) is 10.5. The van der Waals surface area contributed by atoms with Crippen LogP contribution >= 0.6 is 0 Å². The van der Waals surface area contributed by atoms with Crippen LogP contribution in [0.4, 0.5) is 0 Å². The highest BCUT2D eigenvalue weighted by atomic mass is 16.5. The first kappa shape index (κ1) is 12.9. The van der Waals surface area contributed by atoms with Crippen molar-refractivity contribution >= 4 is 5.91 Å². The third-order valence-electron chi connectivity index (χ3n) is 2.90. The Morgan fingerprint density at radius 3 is 2.67 bits per heavy atom. The number of carbonyl (C=O) groups is 1. The number of nitrogens with two attached hydrogens (primary N) is 1. The molecule has 1 amide bonds. The van der Waals surface area contributed by atoms with Gasteiger partial charge in [-0.3, -0.25) is 4.79 Å². The molecule has 1 aromatic rings. The summed E-state index contributed by atoms with van der Waals surface area (Å²) in [6.07, 6.45) is 3.54. The fraction of sp³-hybridized carbons (Fsp3) is 0.500. The summed E-state index contributed by atoms with van der Waals surface area (Å²) in [4.78, 5) is 11.4. The van der Waals surface area contributed by atoms with E-state index in [0.29, 0.717) is 25.6 Å². The molecule has 1 saturated carbocycles. The van der Waals surface area contributed by atoms with Crippen LogP contribution in [0.15, 0.2) is 24.3 Å². The SMILES string of the molecule is NCCc1ccc(OCCC(=O)NC2CC2)cc1. The molecule has 1 aromatic carbocycles. The van der Waals surface area contributed by atoms with Crippen LogP contribution in [0.1, 0.15) is 24.8 Å². The maximum absolute atomic E-state index is 11.4. The van der Waals surface area contributed by atoms with E-state index in [-0.39, 0.29) is 5.91 Å². The Morgan fingerprint density at radius 2 is 2.06 bits per heavy atom. The van der Waals surface area contributed by atoms with Gasteiger partial charge in [0.2, 0.25) is 5.91 Å². The Balaban J connectivity index is 1.67. The van der Waals surface area contributed by atoms with E-state index in [2.05, 4.69) is 5.32 Å². The van der Waals surface area contributed by atoms with Gasteiger partial charge in [0.15, 0.2) is 0 Å². The highest BCUT2D eigenvalue weighted by Gasteiger charge is 2.22. The minimum Gasteiger partial charge on any atom is -0.493 e. The summed E-state index contributed by atoms with van der Waals surface area (Å²) in [7, 11) is 0. The minimum absolute atomic E-state index is 0.0808. The van der Waals surface area contributed by atoms with Gasteiger partial charge in [0.25, 0.3) is 0 Å². The number of nitrogens with one attached hydrogen (secondary N) is 1. The zero-order valence-electron chi connectivity index (χ0n) is 10.5. The molecule has 0 spiro atoms. The molecular formula is C14H20N2O2. The minimum atomic E-state index is 0.0808. The van der Waals surface area contributed by atoms with Crippen molar-refractivity contribution in [3.63, 3.8) is 0 Å². The number of amides is 1. The fourth-order valence-corrected chi connectivity index (χ4v) is 1.71. The summed E-state index contributed by atoms with van der Waals surface area (Å²) in [6, 6.07) is 8.28. The summed E-state index contributed by atoms with van der Waals surface area (Å²) < 4.78 is 5.52. The summed E-state index contributed by atoms with van der Waals surface area (Å²) >= 11 is 0. The first-order valence-electron chi connectivity index (χ1n) is 6.49. The second-order valence-corrected chi connectivity index (χ2v) is 4.62. The number of carbonyl (C=O) groups excluding carboxylic acids is 1. The van der Waals surface area contributed by atoms with Gasteiger partial charge in [0, 0.05) is 6.04 Å². The lowest BCUT2D eigenvalue weighted by Crippen LogP contribution is -2.26. The Hall–Kier alpha value is -1.55. The predicted octanol–water partition coefficient (Wildman–Crippen LogP) is 1.24. The second kappa shape index (κ2) is 6.40. The van der Waals surface area contributed by atoms with E-state index in [1.807, 2.05) is 24.3 Å². The molecule has 0 radical (unpaired) electrons. The van der Waals surface area contributed by atoms with Gasteiger partial charge in [-0.15, -0.1) is 0 Å². The molecule has 0 saturated heterocycles. The summed E-state index contributed by atoms with van der Waals surface area (Å²) in [6.45, 7) is 1.08. The van der Waals surface area contributed by atoms with E-state index < -0.39 is 0 Å². The van der Waals surface area contributed by atoms with E-state index in [0.717, 1.165) is 25.0 Å². The Kier molecular flexibility index (Phi) is 4.59. The lowest BCUT2D eigenvalue weighted by atomic mass is 10.1. The Labute approximate surface area is 108 Å². The maximum atomic E-state index is 11.4. The molecule has 1 fully saturated rings. The van der Waals surface area contributed by atoms with Crippen molar-refractivity contribution < 1.29 is 9.53 Å². The molecule has 2 rings (SSSR count). The van der Waals surface area contributed by atoms with Gasteiger partial charge in [-0.2, -0.15) is 0 Å². The monoisotopic (exact) mass is 248 g/mol. The quantitative estimate of drug-likeness (QED) is 0.763. The molecule has 0 bridgehead atoms. The molecule has 0 unspecified atom stereocenters. The smallest absolute Gasteiger partial charge is 0.223 e. The summed E-state index contributed by atoms with van der Waals surface area (Å²) in [5.41, 5.74) is 6.69. The van der Waals surface area contributed by atoms with Gasteiger partial charge >= 0.3 is 0 Å². The second-order valence-electron chi connectivity index (χ2n) is 4.62. The standard InChI is InChI=1S/C14H20N2O2/c15-9-7-11-1-5-13(6-2-11)18-10-8-14(17)16-12-3-4-12/h1-2,5-6,12H,3-4,7-10,15H2,(H,16,17). The van der Waals surface area contributed by atoms with Gasteiger partial charge in [-0.25, -0.2) is 0 Å². The lowest BCUT2D eigenvalue weighted by Gasteiger charge is -2.07. The van der Waals surface area contributed by atoms with E-state index in [9.17, 15) is 4.79 Å². The van der Waals surface area contributed by atoms with Gasteiger partial charge in [-0.1, -0.05) is 12.1 Å². The molecule has 0 heterocycles. The molecule has 0 atom stereocenters. The first-order valence-corrected chi connectivity index (χ1v) is 6.49. The van der Waals surface area contributed by atoms with E-state index >= 15 is 0 Å². The average molecular weight is 248 g/mol. The van der Waals surface area contributed by atoms with Crippen LogP contribution in [0.5, 0.6) is 5.75 Å². The topological polar surface area (TPSA) is 64.3 Å². The third-order valence-corrected chi connectivity index (χ3v) is 2.90. The van der Waals surface area contributed by atoms with Crippen molar-refractivity contribution in [2.75, 3.05) is 13.2 Å². The van der Waals surface area contributed by atoms with Crippen molar-refractivity contribution in [1.82, 2.24) is 5.32 Å². The fourth-order valence-electron chi connectivity index (χ4n) is 1.71. The number of rotatable bonds is 7. The van der Waals surface area contributed by atoms with Gasteiger partial charge in [0.05, 0.1) is 13.0 Å². The normalized spacial score (nSPS) is 14.3. The van der Waals surface area contributed by atoms with Crippen LogP contribution in [0.25, 0.3) is 0 Å². The molecule has 4 nitrogen and oxygen atoms in total. The van der Waals surface area contributed by atoms with Crippen LogP contribution in [-0.4, -0.2) is 25.1 Å². The van der Waals surface area contributed by atoms with Gasteiger partial charge in [-0.05, 0) is 43.5 Å². The number of hydrogen-bond donors (Lipinski definition) is 2. The van der Waals surface area contributed by atoms with Crippen molar-refractivity contribution in [2.24, 2.45) is 5.73 Å². The summed E-state index contributed by atoms with van der Waals surface area (Å²) in [5.74, 6) is 0.882. The van der Waals surface area contributed by atoms with E-state index in [1.54, 1.807) is 0 Å². The van der Waals surface area contributed by atoms with Crippen LogP contribution in [0.3, 0.4) is 0 Å². The lowest BCUT2D eigenvalue weighted by molar-refractivity contribution is -0.121. The molecule has 0 aromatic heterocycles. The van der Waals surface area contributed by atoms with E-state index in [4.69, 9.17) is 10.5 Å². The molecule has 98 valence electrons. The number of hydrogen-bond acceptors (Lipinski definition) is 3. The molecule has 1 aliphatic rings. The Bertz CT molecular complexity index is 385. The van der Waals surface area contributed by atoms with Crippen molar-refractivity contribution in [3.8, 4) is 5.75 Å². The van der Waals surface area contributed by atoms with E-state index in [1.165, 1.54) is 5.56 Å². The molecule has 0 aliphatic heterocycles. The number of benzene rings is 1. The van der Waals surface area contributed by atoms with Crippen molar-refractivity contribution in [2.45, 2.75) is 31.7 Å². The van der Waals surface area contributed by atoms with Crippen LogP contribution < -0.4 is 15.8 Å². The van der Waals surface area contributed by atoms with Crippen LogP contribution in [-0.2, 0) is 11.2 Å². The average Bonchev–Trinajstić information content (AvgIpc) is 3.16.